The van der Waals surface area contributed by atoms with Gasteiger partial charge >= 0.3 is 0 Å². The molecule has 0 unspecified atom stereocenters. The average Bonchev–Trinajstić information content (AvgIpc) is 2.87. The highest BCUT2D eigenvalue weighted by Crippen LogP contribution is 2.12. The van der Waals surface area contributed by atoms with Crippen molar-refractivity contribution in [3.63, 3.8) is 0 Å². The minimum atomic E-state index is -0.476. The average molecular weight is 327 g/mol. The molecule has 0 aliphatic carbocycles. The Labute approximate surface area is 116 Å². The van der Waals surface area contributed by atoms with Gasteiger partial charge in [-0.05, 0) is 28.9 Å². The van der Waals surface area contributed by atoms with Crippen LogP contribution in [0.1, 0.15) is 21.8 Å². The number of hydrogen-bond acceptors (Lipinski definition) is 5. The van der Waals surface area contributed by atoms with E-state index in [0.29, 0.717) is 15.9 Å². The fourth-order valence-corrected chi connectivity index (χ4v) is 1.89. The van der Waals surface area contributed by atoms with E-state index in [4.69, 9.17) is 10.3 Å². The third-order valence-electron chi connectivity index (χ3n) is 2.59. The van der Waals surface area contributed by atoms with Crippen molar-refractivity contribution < 1.29 is 9.21 Å². The summed E-state index contributed by atoms with van der Waals surface area (Å²) in [5, 5.41) is 0. The molecule has 2 heterocycles. The highest BCUT2D eigenvalue weighted by Gasteiger charge is 2.15. The molecule has 0 saturated carbocycles. The summed E-state index contributed by atoms with van der Waals surface area (Å²) < 4.78 is 6.91. The van der Waals surface area contributed by atoms with Gasteiger partial charge in [-0.3, -0.25) is 19.6 Å². The van der Waals surface area contributed by atoms with Crippen LogP contribution >= 0.6 is 15.9 Å². The number of nitrogen functional groups attached to an aromatic ring is 1. The van der Waals surface area contributed by atoms with Crippen LogP contribution in [-0.4, -0.2) is 15.5 Å². The molecule has 1 amide bonds. The number of nitrogens with zero attached hydrogens (tertiary/aromatic N) is 2. The van der Waals surface area contributed by atoms with E-state index in [1.54, 1.807) is 6.92 Å². The second-order valence-electron chi connectivity index (χ2n) is 3.81. The summed E-state index contributed by atoms with van der Waals surface area (Å²) in [5.74, 6) is 4.93. The first kappa shape index (κ1) is 13.5. The van der Waals surface area contributed by atoms with Crippen LogP contribution < -0.4 is 16.8 Å². The molecule has 0 saturated heterocycles. The van der Waals surface area contributed by atoms with Gasteiger partial charge in [-0.25, -0.2) is 10.8 Å². The molecular weight excluding hydrogens is 316 g/mol. The fraction of sp³-hybridized carbons (Fsp3) is 0.182. The van der Waals surface area contributed by atoms with Gasteiger partial charge in [-0.1, -0.05) is 0 Å². The predicted molar refractivity (Wildman–Crippen MR) is 70.4 cm³/mol. The van der Waals surface area contributed by atoms with Crippen LogP contribution in [0.5, 0.6) is 0 Å². The molecule has 0 aromatic carbocycles. The first-order valence-corrected chi connectivity index (χ1v) is 6.12. The molecular formula is C11H11BrN4O3. The van der Waals surface area contributed by atoms with Crippen LogP contribution in [-0.2, 0) is 6.54 Å². The molecule has 7 nitrogen and oxygen atoms in total. The summed E-state index contributed by atoms with van der Waals surface area (Å²) in [6.45, 7) is 1.82. The van der Waals surface area contributed by atoms with Crippen molar-refractivity contribution in [1.82, 2.24) is 15.0 Å². The number of furan rings is 1. The van der Waals surface area contributed by atoms with E-state index < -0.39 is 5.91 Å². The molecule has 8 heteroatoms. The maximum atomic E-state index is 12.0. The van der Waals surface area contributed by atoms with Crippen LogP contribution in [0.4, 0.5) is 0 Å². The van der Waals surface area contributed by atoms with E-state index in [-0.39, 0.29) is 17.7 Å². The van der Waals surface area contributed by atoms with E-state index in [1.807, 2.05) is 5.43 Å². The molecule has 0 atom stereocenters. The normalized spacial score (nSPS) is 10.5. The number of aryl methyl sites for hydroxylation is 1. The van der Waals surface area contributed by atoms with Crippen LogP contribution in [0.25, 0.3) is 0 Å². The summed E-state index contributed by atoms with van der Waals surface area (Å²) in [4.78, 5) is 27.5. The van der Waals surface area contributed by atoms with Crippen LogP contribution in [0.3, 0.4) is 0 Å². The number of hydrazine groups is 1. The number of rotatable bonds is 3. The van der Waals surface area contributed by atoms with Crippen molar-refractivity contribution >= 4 is 21.8 Å². The third kappa shape index (κ3) is 2.59. The lowest BCUT2D eigenvalue weighted by Crippen LogP contribution is -2.31. The van der Waals surface area contributed by atoms with Gasteiger partial charge in [0.25, 0.3) is 11.5 Å². The number of carbonyl (C=O) groups is 1. The van der Waals surface area contributed by atoms with Crippen LogP contribution in [0.2, 0.25) is 0 Å². The van der Waals surface area contributed by atoms with Gasteiger partial charge < -0.3 is 4.42 Å². The molecule has 0 aliphatic heterocycles. The zero-order valence-electron chi connectivity index (χ0n) is 10.0. The Morgan fingerprint density at radius 2 is 2.37 bits per heavy atom. The van der Waals surface area contributed by atoms with Gasteiger partial charge in [0, 0.05) is 0 Å². The van der Waals surface area contributed by atoms with E-state index in [9.17, 15) is 9.59 Å². The minimum Gasteiger partial charge on any atom is -0.467 e. The zero-order valence-corrected chi connectivity index (χ0v) is 11.6. The number of halogens is 1. The Balaban J connectivity index is 2.38. The molecule has 2 aromatic rings. The lowest BCUT2D eigenvalue weighted by molar-refractivity contribution is 0.0951. The van der Waals surface area contributed by atoms with Crippen molar-refractivity contribution in [2.45, 2.75) is 13.5 Å². The molecule has 0 radical (unpaired) electrons. The lowest BCUT2D eigenvalue weighted by atomic mass is 10.2. The monoisotopic (exact) mass is 326 g/mol. The standard InChI is InChI=1S/C11H11BrN4O3/c1-6-9(12)11(18)16(5-14-6)4-8-7(2-3-19-8)10(17)15-13/h2-3,5H,4,13H2,1H3,(H,15,17). The maximum absolute atomic E-state index is 12.0. The third-order valence-corrected chi connectivity index (χ3v) is 3.51. The largest absolute Gasteiger partial charge is 0.467 e. The minimum absolute atomic E-state index is 0.0977. The van der Waals surface area contributed by atoms with Crippen LogP contribution in [0.15, 0.2) is 32.3 Å². The second kappa shape index (κ2) is 5.37. The number of nitrogens with two attached hydrogens (primary N) is 1. The quantitative estimate of drug-likeness (QED) is 0.487. The van der Waals surface area contributed by atoms with Crippen molar-refractivity contribution in [3.8, 4) is 0 Å². The second-order valence-corrected chi connectivity index (χ2v) is 4.60. The molecule has 19 heavy (non-hydrogen) atoms. The van der Waals surface area contributed by atoms with E-state index >= 15 is 0 Å². The van der Waals surface area contributed by atoms with E-state index in [0.717, 1.165) is 0 Å². The fourth-order valence-electron chi connectivity index (χ4n) is 1.56. The van der Waals surface area contributed by atoms with E-state index in [1.165, 1.54) is 23.2 Å². The van der Waals surface area contributed by atoms with Gasteiger partial charge in [0.1, 0.15) is 10.2 Å². The van der Waals surface area contributed by atoms with Crippen molar-refractivity contribution in [1.29, 1.82) is 0 Å². The first-order valence-electron chi connectivity index (χ1n) is 5.33. The lowest BCUT2D eigenvalue weighted by Gasteiger charge is -2.06. The van der Waals surface area contributed by atoms with Crippen LogP contribution in [0, 0.1) is 6.92 Å². The first-order chi connectivity index (χ1) is 9.04. The summed E-state index contributed by atoms with van der Waals surface area (Å²) in [7, 11) is 0. The number of carbonyl (C=O) groups excluding carboxylic acids is 1. The molecule has 100 valence electrons. The van der Waals surface area contributed by atoms with Gasteiger partial charge in [0.2, 0.25) is 0 Å². The number of amides is 1. The summed E-state index contributed by atoms with van der Waals surface area (Å²) in [6.07, 6.45) is 2.76. The Bertz CT molecular complexity index is 677. The molecule has 0 bridgehead atoms. The highest BCUT2D eigenvalue weighted by atomic mass is 79.9. The van der Waals surface area contributed by atoms with Crippen molar-refractivity contribution in [2.75, 3.05) is 0 Å². The highest BCUT2D eigenvalue weighted by molar-refractivity contribution is 9.10. The molecule has 0 spiro atoms. The topological polar surface area (TPSA) is 103 Å². The summed E-state index contributed by atoms with van der Waals surface area (Å²) >= 11 is 3.17. The summed E-state index contributed by atoms with van der Waals surface area (Å²) in [5.41, 5.74) is 2.65. The van der Waals surface area contributed by atoms with Gasteiger partial charge in [-0.15, -0.1) is 0 Å². The van der Waals surface area contributed by atoms with Gasteiger partial charge in [0.05, 0.1) is 30.4 Å². The number of hydrogen-bond donors (Lipinski definition) is 2. The van der Waals surface area contributed by atoms with Gasteiger partial charge in [0.15, 0.2) is 0 Å². The predicted octanol–water partition coefficient (Wildman–Crippen LogP) is 0.559. The number of aromatic nitrogens is 2. The SMILES string of the molecule is Cc1ncn(Cc2occc2C(=O)NN)c(=O)c1Br. The Hall–Kier alpha value is -1.93. The van der Waals surface area contributed by atoms with Crippen molar-refractivity contribution in [3.05, 3.63) is 50.5 Å². The molecule has 0 aliphatic rings. The maximum Gasteiger partial charge on any atom is 0.268 e. The van der Waals surface area contributed by atoms with E-state index in [2.05, 4.69) is 20.9 Å². The summed E-state index contributed by atoms with van der Waals surface area (Å²) in [6, 6.07) is 1.49. The zero-order chi connectivity index (χ0) is 14.0. The molecule has 0 fully saturated rings. The van der Waals surface area contributed by atoms with Gasteiger partial charge in [-0.2, -0.15) is 0 Å². The smallest absolute Gasteiger partial charge is 0.268 e. The Morgan fingerprint density at radius 1 is 1.63 bits per heavy atom. The molecule has 3 N–H and O–H groups in total. The molecule has 2 aromatic heterocycles. The molecule has 2 rings (SSSR count). The Morgan fingerprint density at radius 3 is 3.05 bits per heavy atom. The van der Waals surface area contributed by atoms with Crippen molar-refractivity contribution in [2.24, 2.45) is 5.84 Å². The number of nitrogens with one attached hydrogen (secondary N) is 1. The Kier molecular flexibility index (Phi) is 3.82.